The Balaban J connectivity index is 1.35. The molecule has 0 spiro atoms. The van der Waals surface area contributed by atoms with Gasteiger partial charge in [-0.1, -0.05) is 48.5 Å². The van der Waals surface area contributed by atoms with Gasteiger partial charge in [0.05, 0.1) is 19.1 Å². The minimum absolute atomic E-state index is 0.183. The van der Waals surface area contributed by atoms with Gasteiger partial charge in [0.1, 0.15) is 6.04 Å². The van der Waals surface area contributed by atoms with E-state index in [2.05, 4.69) is 15.6 Å². The van der Waals surface area contributed by atoms with Gasteiger partial charge in [-0.15, -0.1) is 0 Å². The molecule has 31 heavy (non-hydrogen) atoms. The van der Waals surface area contributed by atoms with Crippen molar-refractivity contribution in [1.82, 2.24) is 20.5 Å². The lowest BCUT2D eigenvalue weighted by Gasteiger charge is -2.18. The van der Waals surface area contributed by atoms with Crippen LogP contribution in [0.2, 0.25) is 0 Å². The van der Waals surface area contributed by atoms with Crippen LogP contribution in [-0.4, -0.2) is 52.0 Å². The Labute approximate surface area is 179 Å². The molecule has 2 aromatic carbocycles. The molecule has 1 aliphatic heterocycles. The monoisotopic (exact) mass is 420 g/mol. The minimum Gasteiger partial charge on any atom is -0.394 e. The third-order valence-corrected chi connectivity index (χ3v) is 5.50. The molecule has 0 aliphatic carbocycles. The SMILES string of the molecule is O=C(C[C@@H]1NC(=O)N(CCc2c[nH]c3ccccc23)C1=O)N[C@@H](CO)c1ccccc1. The van der Waals surface area contributed by atoms with Gasteiger partial charge in [-0.25, -0.2) is 4.79 Å². The predicted molar refractivity (Wildman–Crippen MR) is 115 cm³/mol. The number of H-pyrrole nitrogens is 1. The van der Waals surface area contributed by atoms with Crippen molar-refractivity contribution in [3.63, 3.8) is 0 Å². The van der Waals surface area contributed by atoms with Crippen LogP contribution in [0.25, 0.3) is 10.9 Å². The Morgan fingerprint density at radius 2 is 1.84 bits per heavy atom. The van der Waals surface area contributed by atoms with E-state index in [4.69, 9.17) is 0 Å². The zero-order valence-corrected chi connectivity index (χ0v) is 16.9. The number of para-hydroxylation sites is 1. The van der Waals surface area contributed by atoms with Crippen molar-refractivity contribution in [2.75, 3.05) is 13.2 Å². The van der Waals surface area contributed by atoms with Gasteiger partial charge in [-0.05, 0) is 23.6 Å². The van der Waals surface area contributed by atoms with E-state index in [1.54, 1.807) is 12.1 Å². The third-order valence-electron chi connectivity index (χ3n) is 5.50. The van der Waals surface area contributed by atoms with Crippen LogP contribution in [0, 0.1) is 0 Å². The highest BCUT2D eigenvalue weighted by molar-refractivity contribution is 6.05. The number of rotatable bonds is 8. The van der Waals surface area contributed by atoms with Crippen molar-refractivity contribution in [2.45, 2.75) is 24.9 Å². The predicted octanol–water partition coefficient (Wildman–Crippen LogP) is 1.87. The number of nitrogens with zero attached hydrogens (tertiary/aromatic N) is 1. The van der Waals surface area contributed by atoms with Crippen molar-refractivity contribution < 1.29 is 19.5 Å². The highest BCUT2D eigenvalue weighted by Crippen LogP contribution is 2.20. The molecule has 1 saturated heterocycles. The number of urea groups is 1. The molecular formula is C23H24N4O4. The Morgan fingerprint density at radius 1 is 1.10 bits per heavy atom. The van der Waals surface area contributed by atoms with Crippen molar-refractivity contribution >= 4 is 28.7 Å². The molecule has 1 aliphatic rings. The van der Waals surface area contributed by atoms with E-state index in [-0.39, 0.29) is 19.6 Å². The second-order valence-corrected chi connectivity index (χ2v) is 7.52. The first-order chi connectivity index (χ1) is 15.1. The van der Waals surface area contributed by atoms with E-state index in [0.717, 1.165) is 26.9 Å². The first kappa shape index (κ1) is 20.6. The van der Waals surface area contributed by atoms with E-state index in [9.17, 15) is 19.5 Å². The zero-order chi connectivity index (χ0) is 21.8. The molecule has 160 valence electrons. The Morgan fingerprint density at radius 3 is 2.61 bits per heavy atom. The number of aromatic amines is 1. The van der Waals surface area contributed by atoms with Crippen LogP contribution in [-0.2, 0) is 16.0 Å². The number of aliphatic hydroxyl groups is 1. The Bertz CT molecular complexity index is 1100. The van der Waals surface area contributed by atoms with E-state index in [0.29, 0.717) is 6.42 Å². The number of hydrogen-bond acceptors (Lipinski definition) is 4. The summed E-state index contributed by atoms with van der Waals surface area (Å²) in [4.78, 5) is 41.8. The molecular weight excluding hydrogens is 396 g/mol. The average Bonchev–Trinajstić information content (AvgIpc) is 3.31. The van der Waals surface area contributed by atoms with Gasteiger partial charge in [-0.3, -0.25) is 14.5 Å². The first-order valence-corrected chi connectivity index (χ1v) is 10.2. The number of hydrogen-bond donors (Lipinski definition) is 4. The molecule has 4 rings (SSSR count). The van der Waals surface area contributed by atoms with E-state index in [1.807, 2.05) is 48.7 Å². The molecule has 2 heterocycles. The molecule has 0 saturated carbocycles. The number of amides is 4. The number of aliphatic hydroxyl groups excluding tert-OH is 1. The van der Waals surface area contributed by atoms with E-state index >= 15 is 0 Å². The summed E-state index contributed by atoms with van der Waals surface area (Å²) >= 11 is 0. The van der Waals surface area contributed by atoms with Crippen molar-refractivity contribution in [1.29, 1.82) is 0 Å². The highest BCUT2D eigenvalue weighted by Gasteiger charge is 2.39. The molecule has 8 nitrogen and oxygen atoms in total. The minimum atomic E-state index is -0.911. The lowest BCUT2D eigenvalue weighted by Crippen LogP contribution is -2.38. The van der Waals surface area contributed by atoms with Crippen molar-refractivity contribution in [2.24, 2.45) is 0 Å². The molecule has 4 N–H and O–H groups in total. The van der Waals surface area contributed by atoms with Crippen LogP contribution in [0.15, 0.2) is 60.8 Å². The average molecular weight is 420 g/mol. The summed E-state index contributed by atoms with van der Waals surface area (Å²) in [5.74, 6) is -0.833. The molecule has 0 unspecified atom stereocenters. The van der Waals surface area contributed by atoms with Crippen LogP contribution in [0.3, 0.4) is 0 Å². The smallest absolute Gasteiger partial charge is 0.324 e. The van der Waals surface area contributed by atoms with Gasteiger partial charge in [-0.2, -0.15) is 0 Å². The molecule has 4 amide bonds. The summed E-state index contributed by atoms with van der Waals surface area (Å²) in [7, 11) is 0. The normalized spacial score (nSPS) is 17.1. The van der Waals surface area contributed by atoms with E-state index in [1.165, 1.54) is 0 Å². The maximum atomic E-state index is 12.7. The number of carbonyl (C=O) groups excluding carboxylic acids is 3. The fourth-order valence-corrected chi connectivity index (χ4v) is 3.86. The second-order valence-electron chi connectivity index (χ2n) is 7.52. The van der Waals surface area contributed by atoms with Gasteiger partial charge >= 0.3 is 6.03 Å². The van der Waals surface area contributed by atoms with Crippen LogP contribution in [0.1, 0.15) is 23.6 Å². The van der Waals surface area contributed by atoms with Crippen molar-refractivity contribution in [3.05, 3.63) is 71.9 Å². The summed E-state index contributed by atoms with van der Waals surface area (Å²) in [6, 6.07) is 14.9. The number of nitrogens with one attached hydrogen (secondary N) is 3. The fraction of sp³-hybridized carbons (Fsp3) is 0.261. The maximum Gasteiger partial charge on any atom is 0.324 e. The maximum absolute atomic E-state index is 12.7. The van der Waals surface area contributed by atoms with E-state index < -0.39 is 29.9 Å². The second kappa shape index (κ2) is 9.01. The fourth-order valence-electron chi connectivity index (χ4n) is 3.86. The van der Waals surface area contributed by atoms with Crippen molar-refractivity contribution in [3.8, 4) is 0 Å². The number of imide groups is 1. The van der Waals surface area contributed by atoms with Crippen LogP contribution >= 0.6 is 0 Å². The standard InChI is InChI=1S/C23H24N4O4/c28-14-20(15-6-2-1-3-7-15)25-21(29)12-19-22(30)27(23(31)26-19)11-10-16-13-24-18-9-5-4-8-17(16)18/h1-9,13,19-20,24,28H,10-12,14H2,(H,25,29)(H,26,31)/t19-,20-/m0/s1. The Hall–Kier alpha value is -3.65. The van der Waals surface area contributed by atoms with Gasteiger partial charge in [0.15, 0.2) is 0 Å². The zero-order valence-electron chi connectivity index (χ0n) is 16.9. The molecule has 1 fully saturated rings. The quantitative estimate of drug-likeness (QED) is 0.417. The molecule has 0 bridgehead atoms. The van der Waals surface area contributed by atoms with Gasteiger partial charge in [0.25, 0.3) is 5.91 Å². The van der Waals surface area contributed by atoms with Gasteiger partial charge in [0, 0.05) is 23.6 Å². The van der Waals surface area contributed by atoms with Crippen LogP contribution in [0.4, 0.5) is 4.79 Å². The number of carbonyl (C=O) groups is 3. The van der Waals surface area contributed by atoms with Crippen LogP contribution < -0.4 is 10.6 Å². The topological polar surface area (TPSA) is 115 Å². The molecule has 0 radical (unpaired) electrons. The summed E-state index contributed by atoms with van der Waals surface area (Å²) in [6.07, 6.45) is 2.22. The molecule has 1 aromatic heterocycles. The molecule has 8 heteroatoms. The van der Waals surface area contributed by atoms with Crippen LogP contribution in [0.5, 0.6) is 0 Å². The van der Waals surface area contributed by atoms with Gasteiger partial charge < -0.3 is 20.7 Å². The summed E-state index contributed by atoms with van der Waals surface area (Å²) in [5, 5.41) is 16.0. The highest BCUT2D eigenvalue weighted by atomic mass is 16.3. The number of benzene rings is 2. The summed E-state index contributed by atoms with van der Waals surface area (Å²) in [5.41, 5.74) is 2.78. The third kappa shape index (κ3) is 4.44. The number of fused-ring (bicyclic) bond motifs is 1. The number of aromatic nitrogens is 1. The first-order valence-electron chi connectivity index (χ1n) is 10.2. The van der Waals surface area contributed by atoms with Gasteiger partial charge in [0.2, 0.25) is 5.91 Å². The molecule has 2 atom stereocenters. The lowest BCUT2D eigenvalue weighted by molar-refractivity contribution is -0.131. The Kier molecular flexibility index (Phi) is 5.99. The lowest BCUT2D eigenvalue weighted by atomic mass is 10.1. The summed E-state index contributed by atoms with van der Waals surface area (Å²) in [6.45, 7) is -0.0363. The largest absolute Gasteiger partial charge is 0.394 e. The summed E-state index contributed by atoms with van der Waals surface area (Å²) < 4.78 is 0. The molecule has 3 aromatic rings.